The zero-order valence-corrected chi connectivity index (χ0v) is 12.1. The summed E-state index contributed by atoms with van der Waals surface area (Å²) in [5.41, 5.74) is 2.73. The fourth-order valence-corrected chi connectivity index (χ4v) is 2.85. The number of aryl methyl sites for hydroxylation is 1. The molecular formula is C15H15N5O2. The maximum Gasteiger partial charge on any atom is 0.278 e. The summed E-state index contributed by atoms with van der Waals surface area (Å²) >= 11 is 0. The van der Waals surface area contributed by atoms with Gasteiger partial charge in [-0.2, -0.15) is 0 Å². The van der Waals surface area contributed by atoms with Crippen LogP contribution in [-0.2, 0) is 12.8 Å². The lowest BCUT2D eigenvalue weighted by Crippen LogP contribution is -2.18. The first-order valence-electron chi connectivity index (χ1n) is 7.29. The van der Waals surface area contributed by atoms with Crippen molar-refractivity contribution in [3.63, 3.8) is 0 Å². The lowest BCUT2D eigenvalue weighted by atomic mass is 9.88. The van der Waals surface area contributed by atoms with Crippen molar-refractivity contribution >= 4 is 17.2 Å². The van der Waals surface area contributed by atoms with Crippen molar-refractivity contribution in [2.24, 2.45) is 5.92 Å². The van der Waals surface area contributed by atoms with Gasteiger partial charge in [0.2, 0.25) is 0 Å². The molecule has 0 fully saturated rings. The van der Waals surface area contributed by atoms with Gasteiger partial charge >= 0.3 is 0 Å². The van der Waals surface area contributed by atoms with Crippen LogP contribution in [0.2, 0.25) is 0 Å². The molecule has 3 heterocycles. The van der Waals surface area contributed by atoms with Gasteiger partial charge in [-0.3, -0.25) is 9.20 Å². The molecular weight excluding hydrogens is 282 g/mol. The number of aromatic nitrogens is 4. The Morgan fingerprint density at radius 1 is 1.45 bits per heavy atom. The summed E-state index contributed by atoms with van der Waals surface area (Å²) in [6.07, 6.45) is 6.12. The minimum atomic E-state index is -0.244. The number of carbonyl (C=O) groups excluding carboxylic acids is 1. The Morgan fingerprint density at radius 3 is 3.27 bits per heavy atom. The van der Waals surface area contributed by atoms with Crippen molar-refractivity contribution in [2.45, 2.75) is 26.2 Å². The quantitative estimate of drug-likeness (QED) is 0.783. The van der Waals surface area contributed by atoms with E-state index < -0.39 is 0 Å². The Balaban J connectivity index is 1.61. The Labute approximate surface area is 126 Å². The molecule has 7 nitrogen and oxygen atoms in total. The van der Waals surface area contributed by atoms with E-state index >= 15 is 0 Å². The molecule has 0 radical (unpaired) electrons. The molecule has 1 amide bonds. The van der Waals surface area contributed by atoms with E-state index in [0.717, 1.165) is 36.2 Å². The van der Waals surface area contributed by atoms with Gasteiger partial charge in [-0.1, -0.05) is 12.1 Å². The van der Waals surface area contributed by atoms with E-state index in [9.17, 15) is 4.79 Å². The second kappa shape index (κ2) is 4.94. The van der Waals surface area contributed by atoms with Crippen LogP contribution in [0.4, 0.5) is 5.69 Å². The molecule has 1 unspecified atom stereocenters. The molecule has 3 aromatic rings. The zero-order chi connectivity index (χ0) is 15.1. The summed E-state index contributed by atoms with van der Waals surface area (Å²) in [5, 5.41) is 14.6. The van der Waals surface area contributed by atoms with Gasteiger partial charge in [0, 0.05) is 18.2 Å². The molecule has 0 aromatic carbocycles. The SMILES string of the molecule is CC1CCc2onc(C(=O)Nc3ccc4nncn4c3)c2C1. The molecule has 0 aliphatic heterocycles. The molecule has 1 aliphatic carbocycles. The molecule has 1 N–H and O–H groups in total. The molecule has 22 heavy (non-hydrogen) atoms. The van der Waals surface area contributed by atoms with E-state index in [2.05, 4.69) is 27.6 Å². The standard InChI is InChI=1S/C15H15N5O2/c1-9-2-4-12-11(6-9)14(19-22-12)15(21)17-10-3-5-13-18-16-8-20(13)7-10/h3,5,7-9H,2,4,6H2,1H3,(H,17,21). The van der Waals surface area contributed by atoms with Crippen LogP contribution in [0.15, 0.2) is 29.2 Å². The smallest absolute Gasteiger partial charge is 0.278 e. The molecule has 112 valence electrons. The molecule has 1 atom stereocenters. The van der Waals surface area contributed by atoms with Crippen LogP contribution >= 0.6 is 0 Å². The second-order valence-corrected chi connectivity index (χ2v) is 5.75. The highest BCUT2D eigenvalue weighted by atomic mass is 16.5. The number of hydrogen-bond donors (Lipinski definition) is 1. The summed E-state index contributed by atoms with van der Waals surface area (Å²) < 4.78 is 7.06. The minimum absolute atomic E-state index is 0.244. The van der Waals surface area contributed by atoms with Crippen molar-refractivity contribution in [2.75, 3.05) is 5.32 Å². The highest BCUT2D eigenvalue weighted by Crippen LogP contribution is 2.28. The number of nitrogens with one attached hydrogen (secondary N) is 1. The number of rotatable bonds is 2. The molecule has 3 aromatic heterocycles. The van der Waals surface area contributed by atoms with Gasteiger partial charge < -0.3 is 9.84 Å². The minimum Gasteiger partial charge on any atom is -0.360 e. The number of carbonyl (C=O) groups is 1. The van der Waals surface area contributed by atoms with Crippen molar-refractivity contribution < 1.29 is 9.32 Å². The number of anilines is 1. The summed E-state index contributed by atoms with van der Waals surface area (Å²) in [7, 11) is 0. The van der Waals surface area contributed by atoms with Crippen LogP contribution in [0.3, 0.4) is 0 Å². The van der Waals surface area contributed by atoms with Gasteiger partial charge in [-0.15, -0.1) is 10.2 Å². The fourth-order valence-electron chi connectivity index (χ4n) is 2.85. The number of nitrogens with zero attached hydrogens (tertiary/aromatic N) is 4. The normalized spacial score (nSPS) is 17.4. The van der Waals surface area contributed by atoms with Crippen LogP contribution in [0.5, 0.6) is 0 Å². The summed E-state index contributed by atoms with van der Waals surface area (Å²) in [4.78, 5) is 12.5. The molecule has 1 aliphatic rings. The van der Waals surface area contributed by atoms with Gasteiger partial charge in [0.1, 0.15) is 12.1 Å². The Bertz CT molecular complexity index is 851. The van der Waals surface area contributed by atoms with E-state index in [-0.39, 0.29) is 5.91 Å². The summed E-state index contributed by atoms with van der Waals surface area (Å²) in [5.74, 6) is 1.15. The van der Waals surface area contributed by atoms with Crippen LogP contribution in [-0.4, -0.2) is 25.7 Å². The fraction of sp³-hybridized carbons (Fsp3) is 0.333. The highest BCUT2D eigenvalue weighted by molar-refractivity contribution is 6.03. The van der Waals surface area contributed by atoms with Gasteiger partial charge in [0.05, 0.1) is 5.69 Å². The van der Waals surface area contributed by atoms with Crippen molar-refractivity contribution in [1.29, 1.82) is 0 Å². The second-order valence-electron chi connectivity index (χ2n) is 5.75. The van der Waals surface area contributed by atoms with Crippen LogP contribution in [0.1, 0.15) is 35.2 Å². The summed E-state index contributed by atoms with van der Waals surface area (Å²) in [6, 6.07) is 3.58. The van der Waals surface area contributed by atoms with Crippen molar-refractivity contribution in [1.82, 2.24) is 19.8 Å². The molecule has 0 saturated carbocycles. The number of pyridine rings is 1. The summed E-state index contributed by atoms with van der Waals surface area (Å²) in [6.45, 7) is 2.18. The van der Waals surface area contributed by atoms with E-state index in [1.54, 1.807) is 29.1 Å². The van der Waals surface area contributed by atoms with Gasteiger partial charge in [-0.25, -0.2) is 0 Å². The Morgan fingerprint density at radius 2 is 2.36 bits per heavy atom. The third-order valence-corrected chi connectivity index (χ3v) is 4.05. The maximum absolute atomic E-state index is 12.5. The molecule has 0 spiro atoms. The lowest BCUT2D eigenvalue weighted by Gasteiger charge is -2.16. The third-order valence-electron chi connectivity index (χ3n) is 4.05. The van der Waals surface area contributed by atoms with Crippen molar-refractivity contribution in [3.8, 4) is 0 Å². The Hall–Kier alpha value is -2.70. The molecule has 4 rings (SSSR count). The molecule has 0 bridgehead atoms. The average molecular weight is 297 g/mol. The molecule has 7 heteroatoms. The van der Waals surface area contributed by atoms with Crippen LogP contribution in [0, 0.1) is 5.92 Å². The van der Waals surface area contributed by atoms with Gasteiger partial charge in [0.25, 0.3) is 5.91 Å². The number of amides is 1. The maximum atomic E-state index is 12.5. The first-order chi connectivity index (χ1) is 10.7. The van der Waals surface area contributed by atoms with Gasteiger partial charge in [0.15, 0.2) is 11.3 Å². The number of fused-ring (bicyclic) bond motifs is 2. The largest absolute Gasteiger partial charge is 0.360 e. The monoisotopic (exact) mass is 297 g/mol. The predicted molar refractivity (Wildman–Crippen MR) is 78.6 cm³/mol. The first-order valence-corrected chi connectivity index (χ1v) is 7.29. The van der Waals surface area contributed by atoms with Gasteiger partial charge in [-0.05, 0) is 30.9 Å². The van der Waals surface area contributed by atoms with E-state index in [0.29, 0.717) is 17.3 Å². The van der Waals surface area contributed by atoms with E-state index in [1.165, 1.54) is 0 Å². The topological polar surface area (TPSA) is 85.3 Å². The van der Waals surface area contributed by atoms with Crippen LogP contribution in [0.25, 0.3) is 5.65 Å². The van der Waals surface area contributed by atoms with Crippen molar-refractivity contribution in [3.05, 3.63) is 41.7 Å². The van der Waals surface area contributed by atoms with E-state index in [1.807, 2.05) is 0 Å². The van der Waals surface area contributed by atoms with E-state index in [4.69, 9.17) is 4.52 Å². The lowest BCUT2D eigenvalue weighted by molar-refractivity contribution is 0.101. The third kappa shape index (κ3) is 2.14. The first kappa shape index (κ1) is 13.0. The zero-order valence-electron chi connectivity index (χ0n) is 12.1. The number of hydrogen-bond acceptors (Lipinski definition) is 5. The molecule has 0 saturated heterocycles. The average Bonchev–Trinajstić information content (AvgIpc) is 3.12. The van der Waals surface area contributed by atoms with Crippen LogP contribution < -0.4 is 5.32 Å². The Kier molecular flexibility index (Phi) is 2.92. The predicted octanol–water partition coefficient (Wildman–Crippen LogP) is 2.09. The highest BCUT2D eigenvalue weighted by Gasteiger charge is 2.26.